The van der Waals surface area contributed by atoms with E-state index in [2.05, 4.69) is 46.4 Å². The van der Waals surface area contributed by atoms with Crippen molar-refractivity contribution < 1.29 is 4.42 Å². The van der Waals surface area contributed by atoms with Crippen LogP contribution in [-0.2, 0) is 13.1 Å². The fourth-order valence-corrected chi connectivity index (χ4v) is 2.63. The molecule has 1 aliphatic rings. The molecule has 1 aliphatic heterocycles. The Bertz CT molecular complexity index is 528. The predicted molar refractivity (Wildman–Crippen MR) is 85.4 cm³/mol. The highest BCUT2D eigenvalue weighted by molar-refractivity contribution is 5.48. The molecule has 1 N–H and O–H groups in total. The number of nitrogens with zero attached hydrogens (tertiary/aromatic N) is 2. The summed E-state index contributed by atoms with van der Waals surface area (Å²) in [5.74, 6) is 0.976. The number of likely N-dealkylation sites (N-methyl/N-ethyl adjacent to an activating group) is 1. The summed E-state index contributed by atoms with van der Waals surface area (Å²) in [6.45, 7) is 6.16. The van der Waals surface area contributed by atoms with Crippen molar-refractivity contribution >= 4 is 5.69 Å². The Hall–Kier alpha value is -1.78. The maximum absolute atomic E-state index is 5.31. The van der Waals surface area contributed by atoms with Gasteiger partial charge in [0.05, 0.1) is 12.8 Å². The predicted octanol–water partition coefficient (Wildman–Crippen LogP) is 2.32. The second kappa shape index (κ2) is 6.78. The molecular formula is C17H23N3O. The van der Waals surface area contributed by atoms with Gasteiger partial charge < -0.3 is 19.5 Å². The third-order valence-electron chi connectivity index (χ3n) is 4.01. The minimum Gasteiger partial charge on any atom is -0.468 e. The molecule has 2 heterocycles. The van der Waals surface area contributed by atoms with E-state index < -0.39 is 0 Å². The van der Waals surface area contributed by atoms with Crippen LogP contribution in [0.5, 0.6) is 0 Å². The first-order chi connectivity index (χ1) is 10.3. The van der Waals surface area contributed by atoms with E-state index >= 15 is 0 Å². The zero-order valence-electron chi connectivity index (χ0n) is 12.6. The highest BCUT2D eigenvalue weighted by atomic mass is 16.3. The fraction of sp³-hybridized carbons (Fsp3) is 0.412. The Morgan fingerprint density at radius 2 is 1.76 bits per heavy atom. The maximum Gasteiger partial charge on any atom is 0.117 e. The van der Waals surface area contributed by atoms with Gasteiger partial charge in [-0.1, -0.05) is 12.1 Å². The van der Waals surface area contributed by atoms with Gasteiger partial charge in [-0.2, -0.15) is 0 Å². The smallest absolute Gasteiger partial charge is 0.117 e. The summed E-state index contributed by atoms with van der Waals surface area (Å²) in [6, 6.07) is 12.8. The molecule has 4 nitrogen and oxygen atoms in total. The molecular weight excluding hydrogens is 262 g/mol. The van der Waals surface area contributed by atoms with Crippen LogP contribution >= 0.6 is 0 Å². The van der Waals surface area contributed by atoms with Crippen LogP contribution < -0.4 is 10.2 Å². The summed E-state index contributed by atoms with van der Waals surface area (Å²) < 4.78 is 5.31. The van der Waals surface area contributed by atoms with Crippen LogP contribution in [0.3, 0.4) is 0 Å². The van der Waals surface area contributed by atoms with Gasteiger partial charge in [0.15, 0.2) is 0 Å². The Morgan fingerprint density at radius 1 is 1.00 bits per heavy atom. The molecule has 1 saturated heterocycles. The number of benzene rings is 1. The van der Waals surface area contributed by atoms with Crippen LogP contribution in [0.2, 0.25) is 0 Å². The van der Waals surface area contributed by atoms with Gasteiger partial charge in [0.1, 0.15) is 5.76 Å². The molecule has 0 unspecified atom stereocenters. The number of piperazine rings is 1. The lowest BCUT2D eigenvalue weighted by atomic mass is 10.1. The first-order valence-corrected chi connectivity index (χ1v) is 7.57. The van der Waals surface area contributed by atoms with Gasteiger partial charge in [-0.3, -0.25) is 0 Å². The molecule has 1 aromatic carbocycles. The topological polar surface area (TPSA) is 31.6 Å². The van der Waals surface area contributed by atoms with Crippen molar-refractivity contribution in [1.82, 2.24) is 10.2 Å². The zero-order valence-corrected chi connectivity index (χ0v) is 12.6. The van der Waals surface area contributed by atoms with E-state index in [1.165, 1.54) is 11.3 Å². The Labute approximate surface area is 126 Å². The summed E-state index contributed by atoms with van der Waals surface area (Å²) >= 11 is 0. The van der Waals surface area contributed by atoms with Crippen molar-refractivity contribution in [2.24, 2.45) is 0 Å². The van der Waals surface area contributed by atoms with Gasteiger partial charge in [-0.15, -0.1) is 0 Å². The van der Waals surface area contributed by atoms with Crippen LogP contribution in [0.25, 0.3) is 0 Å². The van der Waals surface area contributed by atoms with Crippen molar-refractivity contribution in [1.29, 1.82) is 0 Å². The summed E-state index contributed by atoms with van der Waals surface area (Å²) in [4.78, 5) is 4.84. The van der Waals surface area contributed by atoms with Crippen molar-refractivity contribution in [3.63, 3.8) is 0 Å². The highest BCUT2D eigenvalue weighted by Gasteiger charge is 2.13. The molecule has 0 radical (unpaired) electrons. The molecule has 0 amide bonds. The number of hydrogen-bond donors (Lipinski definition) is 1. The lowest BCUT2D eigenvalue weighted by molar-refractivity contribution is 0.313. The van der Waals surface area contributed by atoms with Crippen molar-refractivity contribution in [3.8, 4) is 0 Å². The zero-order chi connectivity index (χ0) is 14.5. The van der Waals surface area contributed by atoms with Crippen LogP contribution in [0.4, 0.5) is 5.69 Å². The van der Waals surface area contributed by atoms with Crippen molar-refractivity contribution in [2.75, 3.05) is 38.1 Å². The van der Waals surface area contributed by atoms with Gasteiger partial charge >= 0.3 is 0 Å². The molecule has 4 heteroatoms. The van der Waals surface area contributed by atoms with Gasteiger partial charge in [0.2, 0.25) is 0 Å². The van der Waals surface area contributed by atoms with Gasteiger partial charge in [-0.05, 0) is 36.9 Å². The minimum atomic E-state index is 0.771. The lowest BCUT2D eigenvalue weighted by Gasteiger charge is -2.34. The lowest BCUT2D eigenvalue weighted by Crippen LogP contribution is -2.44. The normalized spacial score (nSPS) is 16.3. The Kier molecular flexibility index (Phi) is 4.58. The standard InChI is InChI=1S/C17H23N3O/c1-19-8-10-20(11-9-19)16-6-4-15(5-7-16)13-18-14-17-3-2-12-21-17/h2-7,12,18H,8-11,13-14H2,1H3. The molecule has 0 atom stereocenters. The van der Waals surface area contributed by atoms with E-state index in [-0.39, 0.29) is 0 Å². The highest BCUT2D eigenvalue weighted by Crippen LogP contribution is 2.17. The molecule has 0 saturated carbocycles. The SMILES string of the molecule is CN1CCN(c2ccc(CNCc3ccco3)cc2)CC1. The van der Waals surface area contributed by atoms with Crippen molar-refractivity contribution in [3.05, 3.63) is 54.0 Å². The molecule has 2 aromatic rings. The average molecular weight is 285 g/mol. The van der Waals surface area contributed by atoms with Crippen LogP contribution in [0, 0.1) is 0 Å². The van der Waals surface area contributed by atoms with E-state index in [0.29, 0.717) is 0 Å². The monoisotopic (exact) mass is 285 g/mol. The third-order valence-corrected chi connectivity index (χ3v) is 4.01. The summed E-state index contributed by atoms with van der Waals surface area (Å²) in [5.41, 5.74) is 2.64. The fourth-order valence-electron chi connectivity index (χ4n) is 2.63. The first-order valence-electron chi connectivity index (χ1n) is 7.57. The van der Waals surface area contributed by atoms with Gasteiger partial charge in [-0.25, -0.2) is 0 Å². The summed E-state index contributed by atoms with van der Waals surface area (Å²) in [7, 11) is 2.19. The van der Waals surface area contributed by atoms with E-state index in [1.807, 2.05) is 12.1 Å². The van der Waals surface area contributed by atoms with E-state index in [0.717, 1.165) is 45.0 Å². The number of hydrogen-bond acceptors (Lipinski definition) is 4. The van der Waals surface area contributed by atoms with Gasteiger partial charge in [0, 0.05) is 38.4 Å². The van der Waals surface area contributed by atoms with Crippen molar-refractivity contribution in [2.45, 2.75) is 13.1 Å². The van der Waals surface area contributed by atoms with Crippen LogP contribution in [0.15, 0.2) is 47.1 Å². The quantitative estimate of drug-likeness (QED) is 0.913. The second-order valence-corrected chi connectivity index (χ2v) is 5.64. The Balaban J connectivity index is 1.49. The molecule has 0 aliphatic carbocycles. The van der Waals surface area contributed by atoms with E-state index in [1.54, 1.807) is 6.26 Å². The maximum atomic E-state index is 5.31. The summed E-state index contributed by atoms with van der Waals surface area (Å²) in [5, 5.41) is 3.39. The minimum absolute atomic E-state index is 0.771. The first kappa shape index (κ1) is 14.2. The number of rotatable bonds is 5. The number of anilines is 1. The number of furan rings is 1. The molecule has 1 aromatic heterocycles. The molecule has 21 heavy (non-hydrogen) atoms. The largest absolute Gasteiger partial charge is 0.468 e. The molecule has 0 spiro atoms. The van der Waals surface area contributed by atoms with Crippen LogP contribution in [0.1, 0.15) is 11.3 Å². The second-order valence-electron chi connectivity index (χ2n) is 5.64. The van der Waals surface area contributed by atoms with Gasteiger partial charge in [0.25, 0.3) is 0 Å². The Morgan fingerprint density at radius 3 is 2.43 bits per heavy atom. The molecule has 1 fully saturated rings. The van der Waals surface area contributed by atoms with E-state index in [4.69, 9.17) is 4.42 Å². The third kappa shape index (κ3) is 3.86. The number of nitrogens with one attached hydrogen (secondary N) is 1. The molecule has 112 valence electrons. The summed E-state index contributed by atoms with van der Waals surface area (Å²) in [6.07, 6.45) is 1.71. The van der Waals surface area contributed by atoms with Crippen LogP contribution in [-0.4, -0.2) is 38.1 Å². The molecule has 0 bridgehead atoms. The van der Waals surface area contributed by atoms with E-state index in [9.17, 15) is 0 Å². The molecule has 3 rings (SSSR count). The average Bonchev–Trinajstić information content (AvgIpc) is 3.02.